The van der Waals surface area contributed by atoms with Gasteiger partial charge in [-0.15, -0.1) is 0 Å². The lowest BCUT2D eigenvalue weighted by molar-refractivity contribution is -0.125. The molecule has 33 heavy (non-hydrogen) atoms. The van der Waals surface area contributed by atoms with Gasteiger partial charge in [-0.25, -0.2) is 18.2 Å². The van der Waals surface area contributed by atoms with E-state index in [4.69, 9.17) is 0 Å². The third-order valence-corrected chi connectivity index (χ3v) is 6.19. The van der Waals surface area contributed by atoms with E-state index < -0.39 is 17.8 Å². The number of fused-ring (bicyclic) bond motifs is 1. The van der Waals surface area contributed by atoms with Crippen LogP contribution in [0.1, 0.15) is 30.4 Å². The van der Waals surface area contributed by atoms with Crippen molar-refractivity contribution in [1.82, 2.24) is 15.3 Å². The summed E-state index contributed by atoms with van der Waals surface area (Å²) in [6.45, 7) is 1.56. The summed E-state index contributed by atoms with van der Waals surface area (Å²) < 4.78 is 40.8. The predicted octanol–water partition coefficient (Wildman–Crippen LogP) is 4.31. The fraction of sp³-hybridized carbons (Fsp3) is 0.375. The summed E-state index contributed by atoms with van der Waals surface area (Å²) in [6, 6.07) is 7.84. The molecule has 1 amide bonds. The number of amides is 1. The molecule has 0 spiro atoms. The number of pyridine rings is 2. The van der Waals surface area contributed by atoms with Crippen LogP contribution in [-0.4, -0.2) is 43.1 Å². The Morgan fingerprint density at radius 1 is 1.24 bits per heavy atom. The van der Waals surface area contributed by atoms with E-state index >= 15 is 0 Å². The molecule has 0 radical (unpaired) electrons. The van der Waals surface area contributed by atoms with Crippen molar-refractivity contribution in [1.29, 1.82) is 0 Å². The number of carbonyl (C=O) groups excluding carboxylic acids is 1. The maximum atomic E-state index is 14.6. The molecule has 4 rings (SSSR count). The molecule has 1 saturated heterocycles. The standard InChI is InChI=1S/C24H26F3N5O/c1-28-24(33)15-7-10-32(11-8-15)21-12-18-19(13-30-21)29-9-6-20(18)31(2)14-16-4-3-5-17(22(16)25)23(26)27/h3-6,9,12-13,15,23H,7-8,10-11,14H2,1-2H3,(H,28,33). The molecule has 1 fully saturated rings. The number of nitrogens with zero attached hydrogens (tertiary/aromatic N) is 4. The molecule has 3 aromatic rings. The van der Waals surface area contributed by atoms with Gasteiger partial charge in [0.25, 0.3) is 6.43 Å². The smallest absolute Gasteiger partial charge is 0.266 e. The number of nitrogens with one attached hydrogen (secondary N) is 1. The van der Waals surface area contributed by atoms with E-state index in [1.165, 1.54) is 12.1 Å². The van der Waals surface area contributed by atoms with Crippen LogP contribution in [0, 0.1) is 11.7 Å². The van der Waals surface area contributed by atoms with Crippen molar-refractivity contribution in [3.8, 4) is 0 Å². The first-order valence-electron chi connectivity index (χ1n) is 10.9. The number of alkyl halides is 2. The van der Waals surface area contributed by atoms with Gasteiger partial charge in [0.1, 0.15) is 11.6 Å². The number of aromatic nitrogens is 2. The molecule has 3 heterocycles. The Hall–Kier alpha value is -3.36. The monoisotopic (exact) mass is 457 g/mol. The highest BCUT2D eigenvalue weighted by molar-refractivity contribution is 5.92. The molecule has 1 aliphatic rings. The van der Waals surface area contributed by atoms with E-state index in [0.717, 1.165) is 35.8 Å². The van der Waals surface area contributed by atoms with Crippen LogP contribution in [0.4, 0.5) is 24.7 Å². The van der Waals surface area contributed by atoms with Gasteiger partial charge in [0.15, 0.2) is 0 Å². The molecule has 0 aliphatic carbocycles. The zero-order valence-corrected chi connectivity index (χ0v) is 18.6. The number of anilines is 2. The third-order valence-electron chi connectivity index (χ3n) is 6.19. The highest BCUT2D eigenvalue weighted by atomic mass is 19.3. The summed E-state index contributed by atoms with van der Waals surface area (Å²) in [5, 5.41) is 3.55. The minimum Gasteiger partial charge on any atom is -0.370 e. The Kier molecular flexibility index (Phi) is 6.67. The van der Waals surface area contributed by atoms with Gasteiger partial charge in [-0.05, 0) is 25.0 Å². The molecule has 6 nitrogen and oxygen atoms in total. The van der Waals surface area contributed by atoms with E-state index in [2.05, 4.69) is 20.2 Å². The zero-order valence-electron chi connectivity index (χ0n) is 18.6. The second kappa shape index (κ2) is 9.64. The van der Waals surface area contributed by atoms with Crippen molar-refractivity contribution in [2.75, 3.05) is 37.0 Å². The van der Waals surface area contributed by atoms with Gasteiger partial charge < -0.3 is 15.1 Å². The zero-order chi connectivity index (χ0) is 23.5. The number of hydrogen-bond acceptors (Lipinski definition) is 5. The minimum absolute atomic E-state index is 0.00830. The molecule has 1 N–H and O–H groups in total. The van der Waals surface area contributed by atoms with Gasteiger partial charge in [0.2, 0.25) is 5.91 Å². The van der Waals surface area contributed by atoms with E-state index in [9.17, 15) is 18.0 Å². The summed E-state index contributed by atoms with van der Waals surface area (Å²) >= 11 is 0. The second-order valence-corrected chi connectivity index (χ2v) is 8.24. The molecular weight excluding hydrogens is 431 g/mol. The van der Waals surface area contributed by atoms with E-state index in [-0.39, 0.29) is 23.9 Å². The van der Waals surface area contributed by atoms with Gasteiger partial charge in [-0.1, -0.05) is 18.2 Å². The van der Waals surface area contributed by atoms with Gasteiger partial charge >= 0.3 is 0 Å². The summed E-state index contributed by atoms with van der Waals surface area (Å²) in [7, 11) is 3.44. The Balaban J connectivity index is 1.59. The predicted molar refractivity (Wildman–Crippen MR) is 122 cm³/mol. The second-order valence-electron chi connectivity index (χ2n) is 8.24. The van der Waals surface area contributed by atoms with Crippen LogP contribution in [0.2, 0.25) is 0 Å². The van der Waals surface area contributed by atoms with Gasteiger partial charge in [-0.3, -0.25) is 9.78 Å². The molecule has 0 bridgehead atoms. The van der Waals surface area contributed by atoms with E-state index in [0.29, 0.717) is 18.6 Å². The SMILES string of the molecule is CNC(=O)C1CCN(c2cc3c(N(C)Cc4cccc(C(F)F)c4F)ccnc3cn2)CC1. The molecule has 9 heteroatoms. The quantitative estimate of drug-likeness (QED) is 0.598. The third kappa shape index (κ3) is 4.72. The van der Waals surface area contributed by atoms with Crippen LogP contribution >= 0.6 is 0 Å². The maximum Gasteiger partial charge on any atom is 0.266 e. The number of piperidine rings is 1. The highest BCUT2D eigenvalue weighted by Gasteiger charge is 2.25. The number of halogens is 3. The van der Waals surface area contributed by atoms with E-state index in [1.807, 2.05) is 17.0 Å². The largest absolute Gasteiger partial charge is 0.370 e. The van der Waals surface area contributed by atoms with Crippen molar-refractivity contribution in [3.63, 3.8) is 0 Å². The molecule has 0 atom stereocenters. The minimum atomic E-state index is -2.86. The Labute approximate surface area is 190 Å². The normalized spacial score (nSPS) is 14.7. The fourth-order valence-electron chi connectivity index (χ4n) is 4.33. The number of benzene rings is 1. The summed E-state index contributed by atoms with van der Waals surface area (Å²) in [6.07, 6.45) is 1.98. The lowest BCUT2D eigenvalue weighted by Gasteiger charge is -2.32. The van der Waals surface area contributed by atoms with E-state index in [1.54, 1.807) is 26.5 Å². The van der Waals surface area contributed by atoms with Gasteiger partial charge in [0, 0.05) is 62.5 Å². The molecule has 1 aliphatic heterocycles. The number of rotatable bonds is 6. The van der Waals surface area contributed by atoms with Crippen LogP contribution in [0.15, 0.2) is 42.7 Å². The van der Waals surface area contributed by atoms with Gasteiger partial charge in [-0.2, -0.15) is 0 Å². The fourth-order valence-corrected chi connectivity index (χ4v) is 4.33. The first-order valence-corrected chi connectivity index (χ1v) is 10.9. The molecule has 174 valence electrons. The molecule has 0 saturated carbocycles. The lowest BCUT2D eigenvalue weighted by Crippen LogP contribution is -2.39. The average Bonchev–Trinajstić information content (AvgIpc) is 2.84. The number of carbonyl (C=O) groups is 1. The Bertz CT molecular complexity index is 1150. The van der Waals surface area contributed by atoms with Crippen LogP contribution < -0.4 is 15.1 Å². The van der Waals surface area contributed by atoms with Crippen LogP contribution in [0.5, 0.6) is 0 Å². The first kappa shape index (κ1) is 22.8. The number of hydrogen-bond donors (Lipinski definition) is 1. The van der Waals surface area contributed by atoms with Crippen molar-refractivity contribution < 1.29 is 18.0 Å². The Morgan fingerprint density at radius 3 is 2.70 bits per heavy atom. The first-order chi connectivity index (χ1) is 15.9. The summed E-state index contributed by atoms with van der Waals surface area (Å²) in [5.41, 5.74) is 1.09. The van der Waals surface area contributed by atoms with Crippen LogP contribution in [0.25, 0.3) is 10.9 Å². The van der Waals surface area contributed by atoms with Crippen molar-refractivity contribution >= 4 is 28.3 Å². The van der Waals surface area contributed by atoms with Gasteiger partial charge in [0.05, 0.1) is 17.3 Å². The lowest BCUT2D eigenvalue weighted by atomic mass is 9.96. The molecule has 1 aromatic carbocycles. The average molecular weight is 458 g/mol. The summed E-state index contributed by atoms with van der Waals surface area (Å²) in [5.74, 6) is -0.0169. The summed E-state index contributed by atoms with van der Waals surface area (Å²) in [4.78, 5) is 24.8. The van der Waals surface area contributed by atoms with Crippen LogP contribution in [-0.2, 0) is 11.3 Å². The topological polar surface area (TPSA) is 61.4 Å². The molecule has 0 unspecified atom stereocenters. The van der Waals surface area contributed by atoms with Crippen molar-refractivity contribution in [2.45, 2.75) is 25.8 Å². The maximum absolute atomic E-state index is 14.6. The van der Waals surface area contributed by atoms with Crippen molar-refractivity contribution in [3.05, 3.63) is 59.7 Å². The highest BCUT2D eigenvalue weighted by Crippen LogP contribution is 2.31. The van der Waals surface area contributed by atoms with Crippen LogP contribution in [0.3, 0.4) is 0 Å². The van der Waals surface area contributed by atoms with Crippen molar-refractivity contribution in [2.24, 2.45) is 5.92 Å². The Morgan fingerprint density at radius 2 is 2.00 bits per heavy atom. The molecular formula is C24H26F3N5O. The molecule has 2 aromatic heterocycles.